The Morgan fingerprint density at radius 1 is 1.00 bits per heavy atom. The minimum Gasteiger partial charge on any atom is -0.255 e. The van der Waals surface area contributed by atoms with Crippen LogP contribution in [0.4, 0.5) is 0 Å². The van der Waals surface area contributed by atoms with Crippen LogP contribution in [0.3, 0.4) is 0 Å². The van der Waals surface area contributed by atoms with Crippen molar-refractivity contribution in [3.8, 4) is 6.07 Å². The van der Waals surface area contributed by atoms with E-state index in [2.05, 4.69) is 11.1 Å². The molecule has 0 bridgehead atoms. The van der Waals surface area contributed by atoms with Gasteiger partial charge in [-0.2, -0.15) is 5.26 Å². The second-order valence-corrected chi connectivity index (χ2v) is 9.87. The Morgan fingerprint density at radius 2 is 1.67 bits per heavy atom. The average Bonchev–Trinajstić information content (AvgIpc) is 3.28. The maximum atomic E-state index is 11.7. The van der Waals surface area contributed by atoms with E-state index in [0.717, 1.165) is 24.1 Å². The third kappa shape index (κ3) is 3.42. The molecule has 1 aromatic carbocycles. The molecule has 0 N–H and O–H groups in total. The Labute approximate surface area is 160 Å². The SMILES string of the molecule is CS(=O)(=O)c1ccc(C2=C(c3ccc(C#N)cc3)CC3(CCCC3)C2)nc1. The van der Waals surface area contributed by atoms with Crippen LogP contribution in [0.2, 0.25) is 0 Å². The summed E-state index contributed by atoms with van der Waals surface area (Å²) >= 11 is 0. The van der Waals surface area contributed by atoms with Crippen molar-refractivity contribution in [2.45, 2.75) is 43.4 Å². The van der Waals surface area contributed by atoms with Gasteiger partial charge in [-0.15, -0.1) is 0 Å². The van der Waals surface area contributed by atoms with Crippen molar-refractivity contribution in [3.05, 3.63) is 59.4 Å². The molecule has 2 aliphatic carbocycles. The third-order valence-corrected chi connectivity index (χ3v) is 7.07. The Kier molecular flexibility index (Phi) is 4.39. The Bertz CT molecular complexity index is 1040. The zero-order chi connectivity index (χ0) is 19.1. The van der Waals surface area contributed by atoms with Crippen molar-refractivity contribution in [2.75, 3.05) is 6.26 Å². The van der Waals surface area contributed by atoms with Crippen LogP contribution in [-0.4, -0.2) is 19.7 Å². The second-order valence-electron chi connectivity index (χ2n) is 7.86. The van der Waals surface area contributed by atoms with E-state index in [9.17, 15) is 8.42 Å². The summed E-state index contributed by atoms with van der Waals surface area (Å²) in [7, 11) is -3.25. The van der Waals surface area contributed by atoms with Crippen molar-refractivity contribution in [3.63, 3.8) is 0 Å². The van der Waals surface area contributed by atoms with Crippen LogP contribution in [0, 0.1) is 16.7 Å². The Morgan fingerprint density at radius 3 is 2.22 bits per heavy atom. The predicted molar refractivity (Wildman–Crippen MR) is 105 cm³/mol. The van der Waals surface area contributed by atoms with E-state index in [-0.39, 0.29) is 4.90 Å². The van der Waals surface area contributed by atoms with Gasteiger partial charge in [-0.3, -0.25) is 4.98 Å². The zero-order valence-corrected chi connectivity index (χ0v) is 16.2. The summed E-state index contributed by atoms with van der Waals surface area (Å²) < 4.78 is 23.5. The van der Waals surface area contributed by atoms with Crippen molar-refractivity contribution in [1.29, 1.82) is 5.26 Å². The summed E-state index contributed by atoms with van der Waals surface area (Å²) in [4.78, 5) is 4.75. The molecule has 0 radical (unpaired) electrons. The standard InChI is InChI=1S/C22H22N2O2S/c1-27(25,26)18-8-9-21(24-15-18)20-13-22(10-2-3-11-22)12-19(20)17-6-4-16(14-23)5-7-17/h4-9,15H,2-3,10-13H2,1H3. The van der Waals surface area contributed by atoms with E-state index >= 15 is 0 Å². The van der Waals surface area contributed by atoms with E-state index in [0.29, 0.717) is 11.0 Å². The second kappa shape index (κ2) is 6.61. The zero-order valence-electron chi connectivity index (χ0n) is 15.4. The molecule has 1 fully saturated rings. The van der Waals surface area contributed by atoms with Crippen LogP contribution < -0.4 is 0 Å². The lowest BCUT2D eigenvalue weighted by Crippen LogP contribution is -2.11. The van der Waals surface area contributed by atoms with Gasteiger partial charge in [0.25, 0.3) is 0 Å². The van der Waals surface area contributed by atoms with Gasteiger partial charge in [0.05, 0.1) is 22.2 Å². The van der Waals surface area contributed by atoms with Gasteiger partial charge in [0.15, 0.2) is 9.84 Å². The normalized spacial score (nSPS) is 18.8. The maximum Gasteiger partial charge on any atom is 0.177 e. The Balaban J connectivity index is 1.77. The summed E-state index contributed by atoms with van der Waals surface area (Å²) in [6.07, 6.45) is 9.71. The van der Waals surface area contributed by atoms with Crippen molar-refractivity contribution in [2.24, 2.45) is 5.41 Å². The third-order valence-electron chi connectivity index (χ3n) is 5.97. The maximum absolute atomic E-state index is 11.7. The molecule has 1 aromatic heterocycles. The average molecular weight is 378 g/mol. The number of rotatable bonds is 3. The molecule has 138 valence electrons. The molecule has 27 heavy (non-hydrogen) atoms. The number of allylic oxidation sites excluding steroid dienone is 2. The summed E-state index contributed by atoms with van der Waals surface area (Å²) in [5.41, 5.74) is 5.50. The molecule has 2 aromatic rings. The van der Waals surface area contributed by atoms with Gasteiger partial charge in [-0.25, -0.2) is 8.42 Å². The molecule has 1 heterocycles. The van der Waals surface area contributed by atoms with Gasteiger partial charge in [0.1, 0.15) is 0 Å². The number of hydrogen-bond donors (Lipinski definition) is 0. The molecule has 0 atom stereocenters. The smallest absolute Gasteiger partial charge is 0.177 e. The molecule has 1 saturated carbocycles. The summed E-state index contributed by atoms with van der Waals surface area (Å²) in [5.74, 6) is 0. The monoisotopic (exact) mass is 378 g/mol. The fourth-order valence-electron chi connectivity index (χ4n) is 4.55. The first kappa shape index (κ1) is 17.9. The number of aromatic nitrogens is 1. The molecule has 2 aliphatic rings. The quantitative estimate of drug-likeness (QED) is 0.781. The first-order valence-electron chi connectivity index (χ1n) is 9.29. The van der Waals surface area contributed by atoms with Gasteiger partial charge >= 0.3 is 0 Å². The minimum atomic E-state index is -3.25. The molecule has 0 amide bonds. The van der Waals surface area contributed by atoms with Gasteiger partial charge in [-0.1, -0.05) is 25.0 Å². The fraction of sp³-hybridized carbons (Fsp3) is 0.364. The van der Waals surface area contributed by atoms with Gasteiger partial charge < -0.3 is 0 Å². The number of hydrogen-bond acceptors (Lipinski definition) is 4. The van der Waals surface area contributed by atoms with E-state index in [4.69, 9.17) is 5.26 Å². The van der Waals surface area contributed by atoms with Crippen LogP contribution in [0.1, 0.15) is 55.3 Å². The largest absolute Gasteiger partial charge is 0.255 e. The minimum absolute atomic E-state index is 0.250. The highest BCUT2D eigenvalue weighted by molar-refractivity contribution is 7.90. The number of nitrogens with zero attached hydrogens (tertiary/aromatic N) is 2. The topological polar surface area (TPSA) is 70.8 Å². The van der Waals surface area contributed by atoms with Crippen LogP contribution in [0.15, 0.2) is 47.5 Å². The molecule has 1 spiro atoms. The highest BCUT2D eigenvalue weighted by Crippen LogP contribution is 2.57. The first-order valence-corrected chi connectivity index (χ1v) is 11.2. The molecule has 0 saturated heterocycles. The van der Waals surface area contributed by atoms with E-state index in [1.807, 2.05) is 30.3 Å². The van der Waals surface area contributed by atoms with E-state index < -0.39 is 9.84 Å². The van der Waals surface area contributed by atoms with E-state index in [1.165, 1.54) is 49.3 Å². The van der Waals surface area contributed by atoms with Crippen LogP contribution in [-0.2, 0) is 9.84 Å². The van der Waals surface area contributed by atoms with Crippen molar-refractivity contribution < 1.29 is 8.42 Å². The highest BCUT2D eigenvalue weighted by Gasteiger charge is 2.41. The van der Waals surface area contributed by atoms with Gasteiger partial charge in [0.2, 0.25) is 0 Å². The van der Waals surface area contributed by atoms with Crippen LogP contribution >= 0.6 is 0 Å². The highest BCUT2D eigenvalue weighted by atomic mass is 32.2. The first-order chi connectivity index (χ1) is 12.9. The molecule has 4 nitrogen and oxygen atoms in total. The predicted octanol–water partition coefficient (Wildman–Crippen LogP) is 4.62. The summed E-state index contributed by atoms with van der Waals surface area (Å²) in [6.45, 7) is 0. The summed E-state index contributed by atoms with van der Waals surface area (Å²) in [5, 5.41) is 9.06. The number of sulfone groups is 1. The molecule has 0 aliphatic heterocycles. The fourth-order valence-corrected chi connectivity index (χ4v) is 5.11. The van der Waals surface area contributed by atoms with Crippen LogP contribution in [0.25, 0.3) is 11.1 Å². The lowest BCUT2D eigenvalue weighted by atomic mass is 9.81. The van der Waals surface area contributed by atoms with E-state index in [1.54, 1.807) is 6.07 Å². The number of nitriles is 1. The summed E-state index contributed by atoms with van der Waals surface area (Å²) in [6, 6.07) is 13.4. The van der Waals surface area contributed by atoms with Crippen LogP contribution in [0.5, 0.6) is 0 Å². The number of benzene rings is 1. The lowest BCUT2D eigenvalue weighted by molar-refractivity contribution is 0.329. The molecule has 4 rings (SSSR count). The lowest BCUT2D eigenvalue weighted by Gasteiger charge is -2.23. The molecular weight excluding hydrogens is 356 g/mol. The molecule has 0 unspecified atom stereocenters. The number of pyridine rings is 1. The van der Waals surface area contributed by atoms with Gasteiger partial charge in [0, 0.05) is 12.5 Å². The molecule has 5 heteroatoms. The van der Waals surface area contributed by atoms with Crippen molar-refractivity contribution in [1.82, 2.24) is 4.98 Å². The molecular formula is C22H22N2O2S. The van der Waals surface area contributed by atoms with Gasteiger partial charge in [-0.05, 0) is 72.1 Å². The Hall–Kier alpha value is -2.45. The van der Waals surface area contributed by atoms with Crippen molar-refractivity contribution >= 4 is 21.0 Å².